The molecule has 0 unspecified atom stereocenters. The van der Waals surface area contributed by atoms with E-state index in [0.717, 1.165) is 18.6 Å². The molecule has 0 aromatic carbocycles. The van der Waals surface area contributed by atoms with Gasteiger partial charge in [0.15, 0.2) is 0 Å². The number of rotatable bonds is 4. The summed E-state index contributed by atoms with van der Waals surface area (Å²) in [6.07, 6.45) is 2.83. The maximum Gasteiger partial charge on any atom is 0.331 e. The molecule has 0 aliphatic carbocycles. The minimum atomic E-state index is -0.566. The topological polar surface area (TPSA) is 52.6 Å². The summed E-state index contributed by atoms with van der Waals surface area (Å²) >= 11 is 0. The second-order valence-electron chi connectivity index (χ2n) is 2.02. The number of hydrogen-bond acceptors (Lipinski definition) is 4. The summed E-state index contributed by atoms with van der Waals surface area (Å²) in [5.74, 6) is -1.09. The molecule has 4 nitrogen and oxygen atoms in total. The van der Waals surface area contributed by atoms with E-state index in [2.05, 4.69) is 9.47 Å². The molecule has 0 saturated carbocycles. The number of carbonyl (C=O) groups excluding carboxylic acids is 2. The Morgan fingerprint density at radius 3 is 2.33 bits per heavy atom. The first-order valence-electron chi connectivity index (χ1n) is 3.63. The second-order valence-corrected chi connectivity index (χ2v) is 2.02. The van der Waals surface area contributed by atoms with Crippen LogP contribution < -0.4 is 0 Å². The van der Waals surface area contributed by atoms with Crippen LogP contribution in [-0.4, -0.2) is 25.7 Å². The second kappa shape index (κ2) is 6.39. The molecule has 0 aromatic rings. The lowest BCUT2D eigenvalue weighted by molar-refractivity contribution is -0.139. The molecule has 0 aliphatic heterocycles. The lowest BCUT2D eigenvalue weighted by Crippen LogP contribution is -2.03. The molecule has 0 fully saturated rings. The van der Waals surface area contributed by atoms with Crippen molar-refractivity contribution in [2.75, 3.05) is 13.7 Å². The molecular formula is C8H12O4. The van der Waals surface area contributed by atoms with E-state index in [0.29, 0.717) is 6.61 Å². The van der Waals surface area contributed by atoms with Crippen LogP contribution in [0.5, 0.6) is 0 Å². The summed E-state index contributed by atoms with van der Waals surface area (Å²) in [5, 5.41) is 0. The molecule has 0 amide bonds. The van der Waals surface area contributed by atoms with E-state index in [-0.39, 0.29) is 0 Å². The Kier molecular flexibility index (Phi) is 5.69. The van der Waals surface area contributed by atoms with Crippen LogP contribution in [-0.2, 0) is 19.1 Å². The number of esters is 2. The fourth-order valence-electron chi connectivity index (χ4n) is 0.455. The third-order valence-corrected chi connectivity index (χ3v) is 1.01. The Morgan fingerprint density at radius 1 is 1.25 bits per heavy atom. The Hall–Kier alpha value is -1.32. The quantitative estimate of drug-likeness (QED) is 0.462. The maximum atomic E-state index is 10.7. The van der Waals surface area contributed by atoms with Crippen molar-refractivity contribution in [3.05, 3.63) is 12.2 Å². The van der Waals surface area contributed by atoms with Gasteiger partial charge < -0.3 is 9.47 Å². The van der Waals surface area contributed by atoms with Crippen molar-refractivity contribution in [2.45, 2.75) is 13.3 Å². The summed E-state index contributed by atoms with van der Waals surface area (Å²) in [4.78, 5) is 21.2. The van der Waals surface area contributed by atoms with Crippen LogP contribution in [0, 0.1) is 0 Å². The van der Waals surface area contributed by atoms with Crippen LogP contribution in [0.1, 0.15) is 13.3 Å². The normalized spacial score (nSPS) is 9.83. The summed E-state index contributed by atoms with van der Waals surface area (Å²) in [7, 11) is 1.24. The van der Waals surface area contributed by atoms with Crippen LogP contribution >= 0.6 is 0 Å². The lowest BCUT2D eigenvalue weighted by Gasteiger charge is -1.96. The van der Waals surface area contributed by atoms with Gasteiger partial charge in [-0.1, -0.05) is 6.92 Å². The van der Waals surface area contributed by atoms with Crippen molar-refractivity contribution < 1.29 is 19.1 Å². The maximum absolute atomic E-state index is 10.7. The van der Waals surface area contributed by atoms with Crippen molar-refractivity contribution in [1.82, 2.24) is 0 Å². The van der Waals surface area contributed by atoms with Crippen molar-refractivity contribution in [1.29, 1.82) is 0 Å². The molecule has 0 bridgehead atoms. The molecule has 0 heterocycles. The van der Waals surface area contributed by atoms with Gasteiger partial charge in [-0.05, 0) is 6.42 Å². The van der Waals surface area contributed by atoms with Crippen LogP contribution in [0.15, 0.2) is 12.2 Å². The minimum absolute atomic E-state index is 0.365. The van der Waals surface area contributed by atoms with Gasteiger partial charge in [0.1, 0.15) is 0 Å². The molecule has 0 atom stereocenters. The molecule has 0 saturated heterocycles. The highest BCUT2D eigenvalue weighted by atomic mass is 16.5. The molecular weight excluding hydrogens is 160 g/mol. The monoisotopic (exact) mass is 172 g/mol. The number of methoxy groups -OCH3 is 1. The molecule has 0 aromatic heterocycles. The van der Waals surface area contributed by atoms with Gasteiger partial charge >= 0.3 is 11.9 Å². The van der Waals surface area contributed by atoms with E-state index < -0.39 is 11.9 Å². The number of ether oxygens (including phenoxy) is 2. The highest BCUT2D eigenvalue weighted by Crippen LogP contribution is 1.85. The summed E-state index contributed by atoms with van der Waals surface area (Å²) in [6, 6.07) is 0. The number of hydrogen-bond donors (Lipinski definition) is 0. The molecule has 0 spiro atoms. The Balaban J connectivity index is 3.67. The van der Waals surface area contributed by atoms with E-state index in [1.54, 1.807) is 0 Å². The fourth-order valence-corrected chi connectivity index (χ4v) is 0.455. The molecule has 0 rings (SSSR count). The largest absolute Gasteiger partial charge is 0.466 e. The predicted octanol–water partition coefficient (Wildman–Crippen LogP) is 0.669. The molecule has 68 valence electrons. The highest BCUT2D eigenvalue weighted by Gasteiger charge is 1.97. The van der Waals surface area contributed by atoms with Crippen LogP contribution in [0.4, 0.5) is 0 Å². The van der Waals surface area contributed by atoms with Gasteiger partial charge in [-0.25, -0.2) is 9.59 Å². The Labute approximate surface area is 71.2 Å². The fraction of sp³-hybridized carbons (Fsp3) is 0.500. The zero-order valence-electron chi connectivity index (χ0n) is 7.20. The van der Waals surface area contributed by atoms with Crippen molar-refractivity contribution in [3.8, 4) is 0 Å². The van der Waals surface area contributed by atoms with Crippen LogP contribution in [0.3, 0.4) is 0 Å². The summed E-state index contributed by atoms with van der Waals surface area (Å²) in [5.41, 5.74) is 0. The first-order chi connectivity index (χ1) is 5.70. The SMILES string of the molecule is CCCOC(=O)/C=C/C(=O)OC. The average Bonchev–Trinajstić information content (AvgIpc) is 2.10. The van der Waals surface area contributed by atoms with Crippen molar-refractivity contribution in [3.63, 3.8) is 0 Å². The smallest absolute Gasteiger partial charge is 0.331 e. The van der Waals surface area contributed by atoms with E-state index in [1.807, 2.05) is 6.92 Å². The van der Waals surface area contributed by atoms with Gasteiger partial charge in [0.2, 0.25) is 0 Å². The molecule has 0 N–H and O–H groups in total. The zero-order chi connectivity index (χ0) is 9.40. The van der Waals surface area contributed by atoms with Crippen LogP contribution in [0.2, 0.25) is 0 Å². The van der Waals surface area contributed by atoms with Crippen molar-refractivity contribution in [2.24, 2.45) is 0 Å². The third kappa shape index (κ3) is 5.46. The molecule has 0 radical (unpaired) electrons. The summed E-state index contributed by atoms with van der Waals surface area (Å²) < 4.78 is 8.92. The first kappa shape index (κ1) is 10.7. The van der Waals surface area contributed by atoms with E-state index in [4.69, 9.17) is 0 Å². The van der Waals surface area contributed by atoms with Gasteiger partial charge in [-0.3, -0.25) is 0 Å². The predicted molar refractivity (Wildman–Crippen MR) is 42.4 cm³/mol. The highest BCUT2D eigenvalue weighted by molar-refractivity contribution is 5.91. The molecule has 12 heavy (non-hydrogen) atoms. The minimum Gasteiger partial charge on any atom is -0.466 e. The average molecular weight is 172 g/mol. The first-order valence-corrected chi connectivity index (χ1v) is 3.63. The van der Waals surface area contributed by atoms with Crippen molar-refractivity contribution >= 4 is 11.9 Å². The van der Waals surface area contributed by atoms with Crippen LogP contribution in [0.25, 0.3) is 0 Å². The van der Waals surface area contributed by atoms with Gasteiger partial charge in [0.05, 0.1) is 13.7 Å². The Morgan fingerprint density at radius 2 is 1.83 bits per heavy atom. The molecule has 4 heteroatoms. The van der Waals surface area contributed by atoms with Gasteiger partial charge in [-0.15, -0.1) is 0 Å². The Bertz CT molecular complexity index is 183. The zero-order valence-corrected chi connectivity index (χ0v) is 7.20. The van der Waals surface area contributed by atoms with E-state index in [1.165, 1.54) is 7.11 Å². The molecule has 0 aliphatic rings. The van der Waals surface area contributed by atoms with Gasteiger partial charge in [-0.2, -0.15) is 0 Å². The van der Waals surface area contributed by atoms with E-state index >= 15 is 0 Å². The van der Waals surface area contributed by atoms with E-state index in [9.17, 15) is 9.59 Å². The summed E-state index contributed by atoms with van der Waals surface area (Å²) in [6.45, 7) is 2.25. The van der Waals surface area contributed by atoms with Gasteiger partial charge in [0.25, 0.3) is 0 Å². The standard InChI is InChI=1S/C8H12O4/c1-3-6-12-8(10)5-4-7(9)11-2/h4-5H,3,6H2,1-2H3/b5-4+. The third-order valence-electron chi connectivity index (χ3n) is 1.01. The van der Waals surface area contributed by atoms with Gasteiger partial charge in [0, 0.05) is 12.2 Å². The number of carbonyl (C=O) groups is 2. The lowest BCUT2D eigenvalue weighted by atomic mass is 10.5.